The average Bonchev–Trinajstić information content (AvgIpc) is 3.52. The van der Waals surface area contributed by atoms with E-state index in [-0.39, 0.29) is 22.2 Å². The molecule has 0 amide bonds. The molecule has 0 bridgehead atoms. The minimum absolute atomic E-state index is 0.0692. The lowest BCUT2D eigenvalue weighted by atomic mass is 9.58. The number of fused-ring (bicyclic) bond motifs is 3. The molecule has 0 saturated heterocycles. The maximum absolute atomic E-state index is 2.58. The second-order valence-electron chi connectivity index (χ2n) is 16.4. The van der Waals surface area contributed by atoms with Crippen LogP contribution in [0.3, 0.4) is 0 Å². The van der Waals surface area contributed by atoms with Crippen LogP contribution in [0, 0.1) is 5.41 Å². The van der Waals surface area contributed by atoms with Gasteiger partial charge in [0.15, 0.2) is 0 Å². The molecule has 0 radical (unpaired) electrons. The Morgan fingerprint density at radius 1 is 0.500 bits per heavy atom. The van der Waals surface area contributed by atoms with E-state index in [4.69, 9.17) is 0 Å². The van der Waals surface area contributed by atoms with Crippen molar-refractivity contribution >= 4 is 0 Å². The van der Waals surface area contributed by atoms with Gasteiger partial charge in [-0.3, -0.25) is 0 Å². The van der Waals surface area contributed by atoms with Crippen molar-refractivity contribution in [2.24, 2.45) is 5.41 Å². The van der Waals surface area contributed by atoms with Crippen molar-refractivity contribution in [3.8, 4) is 11.1 Å². The van der Waals surface area contributed by atoms with E-state index >= 15 is 0 Å². The van der Waals surface area contributed by atoms with Gasteiger partial charge in [0.2, 0.25) is 0 Å². The summed E-state index contributed by atoms with van der Waals surface area (Å²) >= 11 is 0. The number of rotatable bonds is 4. The maximum Gasteiger partial charge on any atom is 0.0560 e. The van der Waals surface area contributed by atoms with Crippen LogP contribution in [-0.4, -0.2) is 0 Å². The lowest BCUT2D eigenvalue weighted by molar-refractivity contribution is 0.494. The Labute approximate surface area is 267 Å². The fourth-order valence-electron chi connectivity index (χ4n) is 7.68. The van der Waals surface area contributed by atoms with E-state index in [2.05, 4.69) is 172 Å². The highest BCUT2D eigenvalue weighted by atomic mass is 14.5. The Bertz CT molecular complexity index is 1650. The van der Waals surface area contributed by atoms with Crippen LogP contribution >= 0.6 is 0 Å². The molecule has 0 fully saturated rings. The Kier molecular flexibility index (Phi) is 7.23. The molecule has 0 spiro atoms. The van der Waals surface area contributed by atoms with Crippen LogP contribution < -0.4 is 0 Å². The van der Waals surface area contributed by atoms with Gasteiger partial charge in [-0.15, -0.1) is 0 Å². The summed E-state index contributed by atoms with van der Waals surface area (Å²) < 4.78 is 0. The molecule has 0 heterocycles. The molecule has 2 aliphatic carbocycles. The van der Waals surface area contributed by atoms with Gasteiger partial charge in [-0.25, -0.2) is 0 Å². The van der Waals surface area contributed by atoms with E-state index in [9.17, 15) is 0 Å². The number of hydrogen-bond donors (Lipinski definition) is 0. The zero-order chi connectivity index (χ0) is 31.7. The number of allylic oxidation sites excluding steroid dienone is 4. The van der Waals surface area contributed by atoms with Gasteiger partial charge in [0, 0.05) is 5.92 Å². The fourth-order valence-corrected chi connectivity index (χ4v) is 7.68. The summed E-state index contributed by atoms with van der Waals surface area (Å²) in [5.41, 5.74) is 15.5. The monoisotopic (exact) mass is 578 g/mol. The molecule has 0 nitrogen and oxygen atoms in total. The zero-order valence-corrected chi connectivity index (χ0v) is 28.6. The molecule has 4 aromatic rings. The summed E-state index contributed by atoms with van der Waals surface area (Å²) in [6.45, 7) is 23.5. The van der Waals surface area contributed by atoms with E-state index in [1.54, 1.807) is 0 Å². The molecular formula is C44H50. The van der Waals surface area contributed by atoms with Crippen molar-refractivity contribution in [1.82, 2.24) is 0 Å². The van der Waals surface area contributed by atoms with E-state index in [1.165, 1.54) is 61.2 Å². The van der Waals surface area contributed by atoms with E-state index in [0.717, 1.165) is 6.42 Å². The van der Waals surface area contributed by atoms with Crippen molar-refractivity contribution in [2.45, 2.75) is 97.8 Å². The van der Waals surface area contributed by atoms with E-state index < -0.39 is 5.41 Å². The third-order valence-electron chi connectivity index (χ3n) is 10.3. The molecule has 44 heavy (non-hydrogen) atoms. The molecule has 6 rings (SSSR count). The molecule has 0 saturated carbocycles. The second-order valence-corrected chi connectivity index (χ2v) is 16.4. The first kappa shape index (κ1) is 30.4. The molecule has 0 unspecified atom stereocenters. The smallest absolute Gasteiger partial charge is 0.0560 e. The number of hydrogen-bond acceptors (Lipinski definition) is 0. The SMILES string of the molecule is CC1=C(C(c2ccccc2)(c2ccccc2)C2c3ccc(C(C)(C)C)cc3-c3cc(C(C)(C)C)ccc32)C=C(C(C)(C)C)C1. The quantitative estimate of drug-likeness (QED) is 0.226. The molecule has 0 aromatic heterocycles. The first-order valence-electron chi connectivity index (χ1n) is 16.4. The van der Waals surface area contributed by atoms with E-state index in [0.29, 0.717) is 0 Å². The summed E-state index contributed by atoms with van der Waals surface area (Å²) in [5.74, 6) is 0.126. The minimum Gasteiger partial charge on any atom is -0.0648 e. The normalized spacial score (nSPS) is 15.8. The number of benzene rings is 4. The lowest BCUT2D eigenvalue weighted by Gasteiger charge is -2.43. The van der Waals surface area contributed by atoms with Gasteiger partial charge in [-0.2, -0.15) is 0 Å². The zero-order valence-electron chi connectivity index (χ0n) is 28.6. The Balaban J connectivity index is 1.77. The summed E-state index contributed by atoms with van der Waals surface area (Å²) in [4.78, 5) is 0. The molecule has 226 valence electrons. The predicted octanol–water partition coefficient (Wildman–Crippen LogP) is 12.1. The highest BCUT2D eigenvalue weighted by Gasteiger charge is 2.51. The van der Waals surface area contributed by atoms with Crippen LogP contribution in [0.5, 0.6) is 0 Å². The van der Waals surface area contributed by atoms with Crippen LogP contribution in [0.2, 0.25) is 0 Å². The Hall–Kier alpha value is -3.64. The van der Waals surface area contributed by atoms with Gasteiger partial charge >= 0.3 is 0 Å². The lowest BCUT2D eigenvalue weighted by Crippen LogP contribution is -2.37. The Morgan fingerprint density at radius 2 is 0.932 bits per heavy atom. The molecule has 0 N–H and O–H groups in total. The third kappa shape index (κ3) is 4.92. The summed E-state index contributed by atoms with van der Waals surface area (Å²) in [6.07, 6.45) is 3.61. The van der Waals surface area contributed by atoms with Gasteiger partial charge in [-0.1, -0.05) is 177 Å². The third-order valence-corrected chi connectivity index (χ3v) is 10.3. The summed E-state index contributed by atoms with van der Waals surface area (Å²) in [7, 11) is 0. The van der Waals surface area contributed by atoms with Gasteiger partial charge < -0.3 is 0 Å². The summed E-state index contributed by atoms with van der Waals surface area (Å²) in [6, 6.07) is 37.5. The average molecular weight is 579 g/mol. The van der Waals surface area contributed by atoms with Crippen LogP contribution in [-0.2, 0) is 16.2 Å². The second kappa shape index (κ2) is 10.5. The first-order chi connectivity index (χ1) is 20.6. The van der Waals surface area contributed by atoms with Crippen molar-refractivity contribution in [2.75, 3.05) is 0 Å². The standard InChI is InChI=1S/C44H50/c1-29-25-34(43(8,9)10)28-39(29)44(30-17-13-11-14-18-30,31-19-15-12-16-20-31)40-35-23-21-32(41(2,3)4)26-37(35)38-27-33(42(5,6)7)22-24-36(38)40/h11-24,26-28,40H,25H2,1-10H3. The van der Waals surface area contributed by atoms with Gasteiger partial charge in [-0.05, 0) is 79.7 Å². The van der Waals surface area contributed by atoms with E-state index in [1.807, 2.05) is 0 Å². The van der Waals surface area contributed by atoms with Gasteiger partial charge in [0.05, 0.1) is 5.41 Å². The van der Waals surface area contributed by atoms with Crippen LogP contribution in [0.4, 0.5) is 0 Å². The minimum atomic E-state index is -0.397. The molecule has 0 atom stereocenters. The highest BCUT2D eigenvalue weighted by Crippen LogP contribution is 2.62. The van der Waals surface area contributed by atoms with Crippen molar-refractivity contribution in [1.29, 1.82) is 0 Å². The van der Waals surface area contributed by atoms with Crippen LogP contribution in [0.15, 0.2) is 120 Å². The van der Waals surface area contributed by atoms with Crippen molar-refractivity contribution in [3.05, 3.63) is 153 Å². The molecule has 2 aliphatic rings. The highest BCUT2D eigenvalue weighted by molar-refractivity contribution is 5.83. The van der Waals surface area contributed by atoms with Crippen LogP contribution in [0.25, 0.3) is 11.1 Å². The maximum atomic E-state index is 2.58. The molecule has 0 heteroatoms. The van der Waals surface area contributed by atoms with Gasteiger partial charge in [0.1, 0.15) is 0 Å². The van der Waals surface area contributed by atoms with Gasteiger partial charge in [0.25, 0.3) is 0 Å². The molecular weight excluding hydrogens is 528 g/mol. The molecule has 0 aliphatic heterocycles. The topological polar surface area (TPSA) is 0 Å². The first-order valence-corrected chi connectivity index (χ1v) is 16.4. The largest absolute Gasteiger partial charge is 0.0648 e. The van der Waals surface area contributed by atoms with Crippen molar-refractivity contribution in [3.63, 3.8) is 0 Å². The fraction of sp³-hybridized carbons (Fsp3) is 0.364. The van der Waals surface area contributed by atoms with Crippen molar-refractivity contribution < 1.29 is 0 Å². The summed E-state index contributed by atoms with van der Waals surface area (Å²) in [5, 5.41) is 0. The molecule has 4 aromatic carbocycles. The van der Waals surface area contributed by atoms with Crippen LogP contribution in [0.1, 0.15) is 115 Å². The predicted molar refractivity (Wildman–Crippen MR) is 190 cm³/mol. The Morgan fingerprint density at radius 3 is 1.30 bits per heavy atom.